The van der Waals surface area contributed by atoms with Crippen molar-refractivity contribution in [1.82, 2.24) is 0 Å². The summed E-state index contributed by atoms with van der Waals surface area (Å²) in [6.07, 6.45) is 10.2. The number of hydrogen-bond acceptors (Lipinski definition) is 2. The van der Waals surface area contributed by atoms with Crippen molar-refractivity contribution < 1.29 is 9.53 Å². The van der Waals surface area contributed by atoms with Crippen molar-refractivity contribution in [3.05, 3.63) is 0 Å². The first kappa shape index (κ1) is 16.5. The molecule has 0 fully saturated rings. The first-order chi connectivity index (χ1) is 8.11. The molecule has 0 saturated carbocycles. The number of hydrogen-bond donors (Lipinski definition) is 0. The lowest BCUT2D eigenvalue weighted by molar-refractivity contribution is -0.145. The van der Waals surface area contributed by atoms with Crippen molar-refractivity contribution in [3.63, 3.8) is 0 Å². The van der Waals surface area contributed by atoms with Crippen LogP contribution in [0.5, 0.6) is 0 Å². The van der Waals surface area contributed by atoms with Crippen LogP contribution in [0.3, 0.4) is 0 Å². The van der Waals surface area contributed by atoms with Gasteiger partial charge in [-0.2, -0.15) is 0 Å². The highest BCUT2D eigenvalue weighted by molar-refractivity contribution is 5.71. The van der Waals surface area contributed by atoms with Crippen LogP contribution < -0.4 is 0 Å². The molecule has 0 aromatic rings. The third-order valence-corrected chi connectivity index (χ3v) is 3.50. The molecule has 102 valence electrons. The van der Waals surface area contributed by atoms with E-state index in [0.29, 0.717) is 0 Å². The maximum absolute atomic E-state index is 11.2. The van der Waals surface area contributed by atoms with E-state index in [0.717, 1.165) is 18.8 Å². The summed E-state index contributed by atoms with van der Waals surface area (Å²) in [6.45, 7) is 6.50. The Morgan fingerprint density at radius 2 is 1.65 bits per heavy atom. The van der Waals surface area contributed by atoms with Gasteiger partial charge in [-0.1, -0.05) is 59.3 Å². The van der Waals surface area contributed by atoms with Gasteiger partial charge in [-0.3, -0.25) is 4.79 Å². The SMILES string of the molecule is CCCCCCC[C@H](C)CC[C@@H](C)C(=O)OC. The lowest BCUT2D eigenvalue weighted by Gasteiger charge is -2.14. The van der Waals surface area contributed by atoms with E-state index in [-0.39, 0.29) is 11.9 Å². The van der Waals surface area contributed by atoms with E-state index < -0.39 is 0 Å². The highest BCUT2D eigenvalue weighted by Gasteiger charge is 2.14. The van der Waals surface area contributed by atoms with Crippen LogP contribution in [-0.2, 0) is 9.53 Å². The van der Waals surface area contributed by atoms with Gasteiger partial charge < -0.3 is 4.74 Å². The summed E-state index contributed by atoms with van der Waals surface area (Å²) in [5, 5.41) is 0. The summed E-state index contributed by atoms with van der Waals surface area (Å²) in [7, 11) is 1.47. The Kier molecular flexibility index (Phi) is 10.3. The van der Waals surface area contributed by atoms with Gasteiger partial charge in [0.2, 0.25) is 0 Å². The summed E-state index contributed by atoms with van der Waals surface area (Å²) in [6, 6.07) is 0. The summed E-state index contributed by atoms with van der Waals surface area (Å²) in [5.74, 6) is 0.728. The average molecular weight is 242 g/mol. The molecular formula is C15H30O2. The Labute approximate surface area is 107 Å². The van der Waals surface area contributed by atoms with E-state index in [1.54, 1.807) is 0 Å². The van der Waals surface area contributed by atoms with Crippen molar-refractivity contribution >= 4 is 5.97 Å². The number of unbranched alkanes of at least 4 members (excludes halogenated alkanes) is 4. The third-order valence-electron chi connectivity index (χ3n) is 3.50. The number of esters is 1. The minimum Gasteiger partial charge on any atom is -0.469 e. The number of rotatable bonds is 10. The Morgan fingerprint density at radius 3 is 2.24 bits per heavy atom. The smallest absolute Gasteiger partial charge is 0.308 e. The molecule has 0 aliphatic heterocycles. The van der Waals surface area contributed by atoms with Crippen molar-refractivity contribution in [2.45, 2.75) is 72.1 Å². The van der Waals surface area contributed by atoms with Crippen molar-refractivity contribution in [2.24, 2.45) is 11.8 Å². The lowest BCUT2D eigenvalue weighted by Crippen LogP contribution is -2.13. The predicted octanol–water partition coefficient (Wildman–Crippen LogP) is 4.57. The number of carbonyl (C=O) groups excluding carboxylic acids is 1. The molecular weight excluding hydrogens is 212 g/mol. The molecule has 0 radical (unpaired) electrons. The Hall–Kier alpha value is -0.530. The molecule has 2 nitrogen and oxygen atoms in total. The highest BCUT2D eigenvalue weighted by Crippen LogP contribution is 2.19. The number of carbonyl (C=O) groups is 1. The van der Waals surface area contributed by atoms with E-state index in [1.807, 2.05) is 6.92 Å². The molecule has 2 atom stereocenters. The fraction of sp³-hybridized carbons (Fsp3) is 0.933. The second-order valence-electron chi connectivity index (χ2n) is 5.31. The fourth-order valence-corrected chi connectivity index (χ4v) is 2.09. The van der Waals surface area contributed by atoms with Gasteiger partial charge in [0.1, 0.15) is 0 Å². The van der Waals surface area contributed by atoms with E-state index >= 15 is 0 Å². The Morgan fingerprint density at radius 1 is 1.00 bits per heavy atom. The molecule has 0 spiro atoms. The topological polar surface area (TPSA) is 26.3 Å². The highest BCUT2D eigenvalue weighted by atomic mass is 16.5. The molecule has 0 aliphatic carbocycles. The molecule has 0 rings (SSSR count). The monoisotopic (exact) mass is 242 g/mol. The van der Waals surface area contributed by atoms with Gasteiger partial charge in [0.25, 0.3) is 0 Å². The minimum absolute atomic E-state index is 0.0579. The molecule has 0 aliphatic rings. The van der Waals surface area contributed by atoms with Crippen molar-refractivity contribution in [3.8, 4) is 0 Å². The lowest BCUT2D eigenvalue weighted by atomic mass is 9.93. The standard InChI is InChI=1S/C15H30O2/c1-5-6-7-8-9-10-13(2)11-12-14(3)15(16)17-4/h13-14H,5-12H2,1-4H3/t13-,14+/m0/s1. The molecule has 0 N–H and O–H groups in total. The van der Waals surface area contributed by atoms with Gasteiger partial charge in [-0.05, 0) is 18.8 Å². The molecule has 0 aromatic heterocycles. The molecule has 2 heteroatoms. The summed E-state index contributed by atoms with van der Waals surface area (Å²) >= 11 is 0. The van der Waals surface area contributed by atoms with Gasteiger partial charge in [-0.25, -0.2) is 0 Å². The third kappa shape index (κ3) is 9.20. The van der Waals surface area contributed by atoms with Crippen LogP contribution in [-0.4, -0.2) is 13.1 Å². The maximum atomic E-state index is 11.2. The number of ether oxygens (including phenoxy) is 1. The van der Waals surface area contributed by atoms with E-state index in [2.05, 4.69) is 13.8 Å². The number of methoxy groups -OCH3 is 1. The van der Waals surface area contributed by atoms with Crippen molar-refractivity contribution in [1.29, 1.82) is 0 Å². The van der Waals surface area contributed by atoms with Crippen LogP contribution in [0.4, 0.5) is 0 Å². The minimum atomic E-state index is -0.0693. The van der Waals surface area contributed by atoms with Crippen molar-refractivity contribution in [2.75, 3.05) is 7.11 Å². The van der Waals surface area contributed by atoms with Gasteiger partial charge in [0.05, 0.1) is 13.0 Å². The Balaban J connectivity index is 3.45. The molecule has 0 amide bonds. The molecule has 17 heavy (non-hydrogen) atoms. The summed E-state index contributed by atoms with van der Waals surface area (Å²) < 4.78 is 4.73. The zero-order valence-electron chi connectivity index (χ0n) is 12.1. The molecule has 0 saturated heterocycles. The molecule has 0 unspecified atom stereocenters. The quantitative estimate of drug-likeness (QED) is 0.414. The zero-order valence-corrected chi connectivity index (χ0v) is 12.1. The maximum Gasteiger partial charge on any atom is 0.308 e. The van der Waals surface area contributed by atoms with Crippen LogP contribution in [0.15, 0.2) is 0 Å². The molecule has 0 bridgehead atoms. The second-order valence-corrected chi connectivity index (χ2v) is 5.31. The summed E-state index contributed by atoms with van der Waals surface area (Å²) in [5.41, 5.74) is 0. The molecule has 0 heterocycles. The van der Waals surface area contributed by atoms with Crippen LogP contribution in [0, 0.1) is 11.8 Å². The van der Waals surface area contributed by atoms with E-state index in [9.17, 15) is 4.79 Å². The molecule has 0 aromatic carbocycles. The average Bonchev–Trinajstić information content (AvgIpc) is 2.34. The van der Waals surface area contributed by atoms with Gasteiger partial charge >= 0.3 is 5.97 Å². The van der Waals surface area contributed by atoms with Crippen LogP contribution in [0.1, 0.15) is 72.1 Å². The van der Waals surface area contributed by atoms with Crippen LogP contribution in [0.25, 0.3) is 0 Å². The van der Waals surface area contributed by atoms with E-state index in [1.165, 1.54) is 45.6 Å². The largest absolute Gasteiger partial charge is 0.469 e. The summed E-state index contributed by atoms with van der Waals surface area (Å²) in [4.78, 5) is 11.2. The predicted molar refractivity (Wildman–Crippen MR) is 73.0 cm³/mol. The van der Waals surface area contributed by atoms with Gasteiger partial charge in [-0.15, -0.1) is 0 Å². The van der Waals surface area contributed by atoms with Crippen LogP contribution in [0.2, 0.25) is 0 Å². The van der Waals surface area contributed by atoms with E-state index in [4.69, 9.17) is 4.74 Å². The first-order valence-electron chi connectivity index (χ1n) is 7.19. The normalized spacial score (nSPS) is 14.4. The van der Waals surface area contributed by atoms with Crippen LogP contribution >= 0.6 is 0 Å². The Bertz CT molecular complexity index is 189. The van der Waals surface area contributed by atoms with Gasteiger partial charge in [0, 0.05) is 0 Å². The first-order valence-corrected chi connectivity index (χ1v) is 7.19. The fourth-order valence-electron chi connectivity index (χ4n) is 2.09. The zero-order chi connectivity index (χ0) is 13.1. The second kappa shape index (κ2) is 10.6. The van der Waals surface area contributed by atoms with Gasteiger partial charge in [0.15, 0.2) is 0 Å².